The molecule has 1 fully saturated rings. The quantitative estimate of drug-likeness (QED) is 0.564. The van der Waals surface area contributed by atoms with E-state index in [0.717, 1.165) is 25.5 Å². The van der Waals surface area contributed by atoms with Gasteiger partial charge in [0.05, 0.1) is 12.7 Å². The third kappa shape index (κ3) is 7.86. The first-order valence-electron chi connectivity index (χ1n) is 6.38. The van der Waals surface area contributed by atoms with Gasteiger partial charge in [0, 0.05) is 35.5 Å². The second kappa shape index (κ2) is 8.19. The molecule has 0 bridgehead atoms. The van der Waals surface area contributed by atoms with Gasteiger partial charge in [0.2, 0.25) is 0 Å². The zero-order chi connectivity index (χ0) is 12.7. The first-order chi connectivity index (χ1) is 8.09. The van der Waals surface area contributed by atoms with Crippen molar-refractivity contribution in [2.75, 3.05) is 32.6 Å². The number of aliphatic hydroxyl groups excluding tert-OH is 1. The van der Waals surface area contributed by atoms with E-state index in [2.05, 4.69) is 5.32 Å². The molecule has 0 heterocycles. The Bertz CT molecular complexity index is 234. The molecule has 0 aromatic carbocycles. The van der Waals surface area contributed by atoms with Crippen LogP contribution in [-0.4, -0.2) is 53.2 Å². The van der Waals surface area contributed by atoms with Crippen LogP contribution in [0.2, 0.25) is 0 Å². The van der Waals surface area contributed by atoms with Crippen LogP contribution < -0.4 is 5.32 Å². The van der Waals surface area contributed by atoms with E-state index in [0.29, 0.717) is 13.2 Å². The fourth-order valence-electron chi connectivity index (χ4n) is 1.45. The Balaban J connectivity index is 1.88. The molecule has 0 spiro atoms. The molecule has 0 radical (unpaired) electrons. The van der Waals surface area contributed by atoms with E-state index >= 15 is 0 Å². The lowest BCUT2D eigenvalue weighted by Crippen LogP contribution is -2.32. The lowest BCUT2D eigenvalue weighted by Gasteiger charge is -2.13. The largest absolute Gasteiger partial charge is 0.389 e. The highest BCUT2D eigenvalue weighted by Crippen LogP contribution is 2.28. The second-order valence-electron chi connectivity index (χ2n) is 4.94. The van der Waals surface area contributed by atoms with Crippen molar-refractivity contribution >= 4 is 10.8 Å². The van der Waals surface area contributed by atoms with Gasteiger partial charge in [-0.1, -0.05) is 6.92 Å². The minimum atomic E-state index is -0.755. The van der Waals surface area contributed by atoms with Crippen LogP contribution in [-0.2, 0) is 15.5 Å². The van der Waals surface area contributed by atoms with Crippen molar-refractivity contribution in [2.24, 2.45) is 5.92 Å². The summed E-state index contributed by atoms with van der Waals surface area (Å²) in [6.07, 6.45) is 4.72. The fourth-order valence-corrected chi connectivity index (χ4v) is 1.90. The Morgan fingerprint density at radius 1 is 1.53 bits per heavy atom. The van der Waals surface area contributed by atoms with Crippen molar-refractivity contribution in [3.8, 4) is 0 Å². The molecule has 0 saturated heterocycles. The maximum absolute atomic E-state index is 11.1. The average Bonchev–Trinajstić information content (AvgIpc) is 3.08. The summed E-state index contributed by atoms with van der Waals surface area (Å²) in [5.74, 6) is 0.746. The van der Waals surface area contributed by atoms with E-state index in [9.17, 15) is 9.32 Å². The normalized spacial score (nSPS) is 21.1. The van der Waals surface area contributed by atoms with Gasteiger partial charge in [-0.05, 0) is 31.7 Å². The van der Waals surface area contributed by atoms with Crippen LogP contribution >= 0.6 is 0 Å². The highest BCUT2D eigenvalue weighted by molar-refractivity contribution is 7.84. The van der Waals surface area contributed by atoms with Gasteiger partial charge in [-0.3, -0.25) is 4.21 Å². The van der Waals surface area contributed by atoms with Gasteiger partial charge in [-0.2, -0.15) is 0 Å². The summed E-state index contributed by atoms with van der Waals surface area (Å²) in [4.78, 5) is 0. The molecular formula is C12H25NO3S. The van der Waals surface area contributed by atoms with E-state index in [4.69, 9.17) is 4.74 Å². The van der Waals surface area contributed by atoms with Crippen LogP contribution in [0.3, 0.4) is 0 Å². The minimum Gasteiger partial charge on any atom is -0.389 e. The van der Waals surface area contributed by atoms with Gasteiger partial charge < -0.3 is 15.2 Å². The summed E-state index contributed by atoms with van der Waals surface area (Å²) >= 11 is 0. The maximum Gasteiger partial charge on any atom is 0.0897 e. The van der Waals surface area contributed by atoms with Gasteiger partial charge >= 0.3 is 0 Å². The first kappa shape index (κ1) is 15.1. The lowest BCUT2D eigenvalue weighted by molar-refractivity contribution is 0.0326. The molecule has 5 heteroatoms. The molecule has 2 N–H and O–H groups in total. The number of hydrogen-bond donors (Lipinski definition) is 2. The van der Waals surface area contributed by atoms with E-state index in [-0.39, 0.29) is 5.25 Å². The second-order valence-corrected chi connectivity index (χ2v) is 6.74. The van der Waals surface area contributed by atoms with E-state index < -0.39 is 16.9 Å². The van der Waals surface area contributed by atoms with E-state index in [1.165, 1.54) is 12.8 Å². The van der Waals surface area contributed by atoms with Gasteiger partial charge in [0.1, 0.15) is 0 Å². The molecule has 1 rings (SSSR count). The Hall–Kier alpha value is 0.0300. The summed E-state index contributed by atoms with van der Waals surface area (Å²) in [7, 11) is -0.755. The zero-order valence-corrected chi connectivity index (χ0v) is 11.7. The summed E-state index contributed by atoms with van der Waals surface area (Å²) in [5, 5.41) is 13.0. The number of nitrogens with one attached hydrogen (secondary N) is 1. The first-order valence-corrected chi connectivity index (χ1v) is 8.00. The molecular weight excluding hydrogens is 238 g/mol. The van der Waals surface area contributed by atoms with Crippen LogP contribution in [0.5, 0.6) is 0 Å². The Morgan fingerprint density at radius 2 is 2.24 bits per heavy atom. The highest BCUT2D eigenvalue weighted by Gasteiger charge is 2.21. The Kier molecular flexibility index (Phi) is 7.27. The fraction of sp³-hybridized carbons (Fsp3) is 1.00. The van der Waals surface area contributed by atoms with Gasteiger partial charge in [0.25, 0.3) is 0 Å². The number of hydrogen-bond acceptors (Lipinski definition) is 4. The maximum atomic E-state index is 11.1. The Morgan fingerprint density at radius 3 is 2.82 bits per heavy atom. The third-order valence-electron chi connectivity index (χ3n) is 3.03. The average molecular weight is 263 g/mol. The summed E-state index contributed by atoms with van der Waals surface area (Å²) in [6, 6.07) is 0. The molecule has 17 heavy (non-hydrogen) atoms. The lowest BCUT2D eigenvalue weighted by atomic mass is 10.3. The van der Waals surface area contributed by atoms with Crippen molar-refractivity contribution in [1.29, 1.82) is 0 Å². The van der Waals surface area contributed by atoms with Crippen LogP contribution in [0.4, 0.5) is 0 Å². The van der Waals surface area contributed by atoms with Crippen molar-refractivity contribution in [1.82, 2.24) is 5.32 Å². The topological polar surface area (TPSA) is 58.6 Å². The molecule has 4 nitrogen and oxygen atoms in total. The monoisotopic (exact) mass is 263 g/mol. The van der Waals surface area contributed by atoms with Gasteiger partial charge in [-0.25, -0.2) is 0 Å². The highest BCUT2D eigenvalue weighted by atomic mass is 32.2. The molecule has 0 aromatic heterocycles. The Labute approximate surface area is 107 Å². The number of ether oxygens (including phenoxy) is 1. The predicted octanol–water partition coefficient (Wildman–Crippen LogP) is 0.521. The van der Waals surface area contributed by atoms with E-state index in [1.807, 2.05) is 6.92 Å². The van der Waals surface area contributed by atoms with Crippen molar-refractivity contribution < 1.29 is 14.1 Å². The van der Waals surface area contributed by atoms with Gasteiger partial charge in [-0.15, -0.1) is 0 Å². The standard InChI is InChI=1S/C12H25NO3S/c1-10(17(2)15)5-6-13-7-12(14)9-16-8-11-3-4-11/h10-14H,3-9H2,1-2H3. The van der Waals surface area contributed by atoms with E-state index in [1.54, 1.807) is 6.26 Å². The molecule has 1 saturated carbocycles. The van der Waals surface area contributed by atoms with Crippen molar-refractivity contribution in [2.45, 2.75) is 37.5 Å². The molecule has 1 aliphatic carbocycles. The van der Waals surface area contributed by atoms with Crippen molar-refractivity contribution in [3.05, 3.63) is 0 Å². The van der Waals surface area contributed by atoms with Crippen LogP contribution in [0.25, 0.3) is 0 Å². The SMILES string of the molecule is CC(CCNCC(O)COCC1CC1)S(C)=O. The van der Waals surface area contributed by atoms with Crippen LogP contribution in [0.15, 0.2) is 0 Å². The summed E-state index contributed by atoms with van der Waals surface area (Å²) in [6.45, 7) is 4.53. The minimum absolute atomic E-state index is 0.214. The molecule has 3 unspecified atom stereocenters. The molecule has 0 aromatic rings. The molecule has 102 valence electrons. The zero-order valence-electron chi connectivity index (χ0n) is 10.9. The van der Waals surface area contributed by atoms with Crippen LogP contribution in [0.1, 0.15) is 26.2 Å². The van der Waals surface area contributed by atoms with Crippen LogP contribution in [0, 0.1) is 5.92 Å². The number of aliphatic hydroxyl groups is 1. The molecule has 3 atom stereocenters. The van der Waals surface area contributed by atoms with Gasteiger partial charge in [0.15, 0.2) is 0 Å². The third-order valence-corrected chi connectivity index (χ3v) is 4.40. The number of rotatable bonds is 10. The van der Waals surface area contributed by atoms with Crippen molar-refractivity contribution in [3.63, 3.8) is 0 Å². The predicted molar refractivity (Wildman–Crippen MR) is 70.6 cm³/mol. The summed E-state index contributed by atoms with van der Waals surface area (Å²) < 4.78 is 16.5. The molecule has 0 aliphatic heterocycles. The molecule has 1 aliphatic rings. The molecule has 0 amide bonds. The summed E-state index contributed by atoms with van der Waals surface area (Å²) in [5.41, 5.74) is 0. The smallest absolute Gasteiger partial charge is 0.0897 e.